The van der Waals surface area contributed by atoms with Gasteiger partial charge in [-0.3, -0.25) is 0 Å². The maximum absolute atomic E-state index is 4.25. The van der Waals surface area contributed by atoms with Crippen molar-refractivity contribution in [3.8, 4) is 0 Å². The summed E-state index contributed by atoms with van der Waals surface area (Å²) in [6.45, 7) is 14.7. The molecule has 0 radical (unpaired) electrons. The minimum absolute atomic E-state index is 0.166. The zero-order chi connectivity index (χ0) is 14.5. The van der Waals surface area contributed by atoms with Crippen LogP contribution in [0, 0.1) is 6.92 Å². The fourth-order valence-electron chi connectivity index (χ4n) is 1.83. The van der Waals surface area contributed by atoms with E-state index >= 15 is 0 Å². The Morgan fingerprint density at radius 1 is 1.26 bits per heavy atom. The molecule has 1 unspecified atom stereocenters. The SMILES string of the molecule is CCc1nnc(C)cc1CNC(C)CNC(C)(C)C. The lowest BCUT2D eigenvalue weighted by molar-refractivity contribution is 0.387. The highest BCUT2D eigenvalue weighted by Gasteiger charge is 2.11. The van der Waals surface area contributed by atoms with Gasteiger partial charge in [0.1, 0.15) is 0 Å². The van der Waals surface area contributed by atoms with Gasteiger partial charge in [0.2, 0.25) is 0 Å². The van der Waals surface area contributed by atoms with Crippen molar-refractivity contribution in [2.24, 2.45) is 0 Å². The number of nitrogens with one attached hydrogen (secondary N) is 2. The normalized spacial score (nSPS) is 13.6. The number of nitrogens with zero attached hydrogens (tertiary/aromatic N) is 2. The summed E-state index contributed by atoms with van der Waals surface area (Å²) >= 11 is 0. The average molecular weight is 264 g/mol. The minimum Gasteiger partial charge on any atom is -0.311 e. The maximum atomic E-state index is 4.25. The van der Waals surface area contributed by atoms with Crippen molar-refractivity contribution in [3.63, 3.8) is 0 Å². The van der Waals surface area contributed by atoms with Crippen LogP contribution >= 0.6 is 0 Å². The molecule has 0 aliphatic rings. The molecule has 4 nitrogen and oxygen atoms in total. The molecule has 1 heterocycles. The zero-order valence-corrected chi connectivity index (χ0v) is 13.2. The molecular weight excluding hydrogens is 236 g/mol. The Bertz CT molecular complexity index is 396. The number of aryl methyl sites for hydroxylation is 2. The van der Waals surface area contributed by atoms with Crippen molar-refractivity contribution in [1.82, 2.24) is 20.8 Å². The quantitative estimate of drug-likeness (QED) is 0.827. The van der Waals surface area contributed by atoms with Crippen molar-refractivity contribution < 1.29 is 0 Å². The highest BCUT2D eigenvalue weighted by atomic mass is 15.1. The maximum Gasteiger partial charge on any atom is 0.0673 e. The first kappa shape index (κ1) is 16.1. The third-order valence-corrected chi connectivity index (χ3v) is 3.00. The first-order valence-electron chi connectivity index (χ1n) is 7.12. The highest BCUT2D eigenvalue weighted by Crippen LogP contribution is 2.07. The predicted octanol–water partition coefficient (Wildman–Crippen LogP) is 2.21. The Balaban J connectivity index is 2.50. The molecule has 2 N–H and O–H groups in total. The van der Waals surface area contributed by atoms with Gasteiger partial charge in [-0.15, -0.1) is 0 Å². The summed E-state index contributed by atoms with van der Waals surface area (Å²) in [5.41, 5.74) is 3.50. The van der Waals surface area contributed by atoms with E-state index in [1.165, 1.54) is 5.56 Å². The van der Waals surface area contributed by atoms with Crippen LogP contribution in [-0.4, -0.2) is 28.3 Å². The topological polar surface area (TPSA) is 49.8 Å². The summed E-state index contributed by atoms with van der Waals surface area (Å²) < 4.78 is 0. The second-order valence-corrected chi connectivity index (χ2v) is 6.22. The number of rotatable bonds is 6. The Labute approximate surface area is 117 Å². The molecule has 0 spiro atoms. The van der Waals surface area contributed by atoms with Crippen molar-refractivity contribution >= 4 is 0 Å². The summed E-state index contributed by atoms with van der Waals surface area (Å²) in [6, 6.07) is 2.56. The van der Waals surface area contributed by atoms with Crippen LogP contribution in [0.5, 0.6) is 0 Å². The zero-order valence-electron chi connectivity index (χ0n) is 13.2. The van der Waals surface area contributed by atoms with Crippen LogP contribution in [0.25, 0.3) is 0 Å². The monoisotopic (exact) mass is 264 g/mol. The molecule has 0 saturated carbocycles. The molecule has 0 amide bonds. The Hall–Kier alpha value is -1.00. The van der Waals surface area contributed by atoms with E-state index in [1.54, 1.807) is 0 Å². The molecular formula is C15H28N4. The van der Waals surface area contributed by atoms with Crippen LogP contribution in [0.15, 0.2) is 6.07 Å². The fourth-order valence-corrected chi connectivity index (χ4v) is 1.83. The smallest absolute Gasteiger partial charge is 0.0673 e. The number of aromatic nitrogens is 2. The number of hydrogen-bond donors (Lipinski definition) is 2. The molecule has 0 fully saturated rings. The summed E-state index contributed by atoms with van der Waals surface area (Å²) in [5.74, 6) is 0. The predicted molar refractivity (Wildman–Crippen MR) is 80.2 cm³/mol. The first-order valence-corrected chi connectivity index (χ1v) is 7.12. The van der Waals surface area contributed by atoms with Gasteiger partial charge >= 0.3 is 0 Å². The third kappa shape index (κ3) is 6.12. The van der Waals surface area contributed by atoms with E-state index < -0.39 is 0 Å². The Kier molecular flexibility index (Phi) is 5.88. The second-order valence-electron chi connectivity index (χ2n) is 6.22. The summed E-state index contributed by atoms with van der Waals surface area (Å²) in [4.78, 5) is 0. The largest absolute Gasteiger partial charge is 0.311 e. The van der Waals surface area contributed by atoms with Crippen molar-refractivity contribution in [3.05, 3.63) is 23.0 Å². The van der Waals surface area contributed by atoms with Gasteiger partial charge in [0, 0.05) is 24.7 Å². The molecule has 4 heteroatoms. The molecule has 19 heavy (non-hydrogen) atoms. The van der Waals surface area contributed by atoms with Crippen LogP contribution in [0.3, 0.4) is 0 Å². The molecule has 108 valence electrons. The van der Waals surface area contributed by atoms with Gasteiger partial charge in [-0.05, 0) is 52.7 Å². The van der Waals surface area contributed by atoms with Gasteiger partial charge in [-0.25, -0.2) is 0 Å². The Morgan fingerprint density at radius 2 is 1.95 bits per heavy atom. The van der Waals surface area contributed by atoms with E-state index in [4.69, 9.17) is 0 Å². The van der Waals surface area contributed by atoms with Gasteiger partial charge in [0.15, 0.2) is 0 Å². The first-order chi connectivity index (χ1) is 8.81. The summed E-state index contributed by atoms with van der Waals surface area (Å²) in [5, 5.41) is 15.4. The van der Waals surface area contributed by atoms with Gasteiger partial charge in [-0.1, -0.05) is 6.92 Å². The molecule has 0 aliphatic carbocycles. The van der Waals surface area contributed by atoms with Gasteiger partial charge < -0.3 is 10.6 Å². The van der Waals surface area contributed by atoms with E-state index in [2.05, 4.69) is 61.5 Å². The highest BCUT2D eigenvalue weighted by molar-refractivity contribution is 5.20. The lowest BCUT2D eigenvalue weighted by Crippen LogP contribution is -2.44. The number of hydrogen-bond acceptors (Lipinski definition) is 4. The molecule has 1 rings (SSSR count). The van der Waals surface area contributed by atoms with Crippen LogP contribution in [0.4, 0.5) is 0 Å². The summed E-state index contributed by atoms with van der Waals surface area (Å²) in [7, 11) is 0. The van der Waals surface area contributed by atoms with Crippen LogP contribution in [-0.2, 0) is 13.0 Å². The van der Waals surface area contributed by atoms with Gasteiger partial charge in [0.25, 0.3) is 0 Å². The second kappa shape index (κ2) is 6.96. The van der Waals surface area contributed by atoms with Gasteiger partial charge in [-0.2, -0.15) is 10.2 Å². The lowest BCUT2D eigenvalue weighted by Gasteiger charge is -2.24. The van der Waals surface area contributed by atoms with Gasteiger partial charge in [0.05, 0.1) is 11.4 Å². The molecule has 0 aromatic carbocycles. The van der Waals surface area contributed by atoms with E-state index in [9.17, 15) is 0 Å². The molecule has 1 aromatic rings. The lowest BCUT2D eigenvalue weighted by atomic mass is 10.1. The summed E-state index contributed by atoms with van der Waals surface area (Å²) in [6.07, 6.45) is 0.929. The van der Waals surface area contributed by atoms with E-state index in [-0.39, 0.29) is 5.54 Å². The molecule has 0 saturated heterocycles. The van der Waals surface area contributed by atoms with Crippen molar-refractivity contribution in [2.75, 3.05) is 6.54 Å². The van der Waals surface area contributed by atoms with Crippen molar-refractivity contribution in [1.29, 1.82) is 0 Å². The van der Waals surface area contributed by atoms with Crippen LogP contribution < -0.4 is 10.6 Å². The van der Waals surface area contributed by atoms with E-state index in [1.807, 2.05) is 6.92 Å². The fraction of sp³-hybridized carbons (Fsp3) is 0.733. The third-order valence-electron chi connectivity index (χ3n) is 3.00. The molecule has 1 atom stereocenters. The molecule has 0 bridgehead atoms. The van der Waals surface area contributed by atoms with Crippen LogP contribution in [0.1, 0.15) is 51.6 Å². The minimum atomic E-state index is 0.166. The van der Waals surface area contributed by atoms with E-state index in [0.717, 1.165) is 30.9 Å². The van der Waals surface area contributed by atoms with Crippen molar-refractivity contribution in [2.45, 2.75) is 66.1 Å². The van der Waals surface area contributed by atoms with E-state index in [0.29, 0.717) is 6.04 Å². The van der Waals surface area contributed by atoms with Crippen LogP contribution in [0.2, 0.25) is 0 Å². The standard InChI is InChI=1S/C15H28N4/c1-7-14-13(8-11(2)18-19-14)10-16-12(3)9-17-15(4,5)6/h8,12,16-17H,7,9-10H2,1-6H3. The molecule has 0 aliphatic heterocycles. The average Bonchev–Trinajstić information content (AvgIpc) is 2.33. The molecule has 1 aromatic heterocycles. The Morgan fingerprint density at radius 3 is 2.53 bits per heavy atom.